The summed E-state index contributed by atoms with van der Waals surface area (Å²) in [5.74, 6) is -2.46. The zero-order valence-electron chi connectivity index (χ0n) is 18.3. The quantitative estimate of drug-likeness (QED) is 0.537. The topological polar surface area (TPSA) is 108 Å². The fourth-order valence-electron chi connectivity index (χ4n) is 3.59. The second kappa shape index (κ2) is 10.3. The smallest absolute Gasteiger partial charge is 0.241 e. The molecule has 8 nitrogen and oxygen atoms in total. The predicted molar refractivity (Wildman–Crippen MR) is 120 cm³/mol. The summed E-state index contributed by atoms with van der Waals surface area (Å²) in [5, 5.41) is 5.30. The molecule has 1 aliphatic rings. The van der Waals surface area contributed by atoms with Gasteiger partial charge in [-0.25, -0.2) is 17.2 Å². The van der Waals surface area contributed by atoms with Crippen LogP contribution in [0.3, 0.4) is 0 Å². The zero-order chi connectivity index (χ0) is 24.2. The standard InChI is InChI=1S/C22H26F2N4O4S/c1-14(27-33(31,32)19-6-3-17(4-7-19)26-15(2)29)22(30)25-12-16-9-10-28(13-16)18-5-8-20(23)21(24)11-18/h3-8,11,14,16,27H,9-10,12-13H2,1-2H3,(H,25,30)(H,26,29)/t14-,16?/m0/s1. The lowest BCUT2D eigenvalue weighted by atomic mass is 10.1. The van der Waals surface area contributed by atoms with Crippen molar-refractivity contribution in [3.05, 3.63) is 54.1 Å². The van der Waals surface area contributed by atoms with E-state index in [1.165, 1.54) is 44.2 Å². The van der Waals surface area contributed by atoms with Crippen LogP contribution in [0, 0.1) is 17.6 Å². The third kappa shape index (κ3) is 6.48. The molecule has 2 atom stereocenters. The molecule has 3 N–H and O–H groups in total. The first-order valence-corrected chi connectivity index (χ1v) is 11.9. The molecule has 2 amide bonds. The maximum atomic E-state index is 13.5. The molecule has 2 aromatic carbocycles. The second-order valence-corrected chi connectivity index (χ2v) is 9.71. The lowest BCUT2D eigenvalue weighted by Gasteiger charge is -2.20. The molecule has 1 heterocycles. The molecular weight excluding hydrogens is 454 g/mol. The van der Waals surface area contributed by atoms with Crippen molar-refractivity contribution in [3.8, 4) is 0 Å². The van der Waals surface area contributed by atoms with Crippen molar-refractivity contribution in [2.45, 2.75) is 31.2 Å². The van der Waals surface area contributed by atoms with Crippen molar-refractivity contribution in [2.75, 3.05) is 29.9 Å². The van der Waals surface area contributed by atoms with Gasteiger partial charge >= 0.3 is 0 Å². The highest BCUT2D eigenvalue weighted by Crippen LogP contribution is 2.25. The van der Waals surface area contributed by atoms with Crippen molar-refractivity contribution >= 4 is 33.2 Å². The molecule has 0 aromatic heterocycles. The van der Waals surface area contributed by atoms with Crippen LogP contribution in [0.15, 0.2) is 47.4 Å². The van der Waals surface area contributed by atoms with Gasteiger partial charge in [0.05, 0.1) is 10.9 Å². The minimum atomic E-state index is -3.94. The maximum absolute atomic E-state index is 13.5. The summed E-state index contributed by atoms with van der Waals surface area (Å²) in [5.41, 5.74) is 1.04. The minimum absolute atomic E-state index is 0.0331. The monoisotopic (exact) mass is 480 g/mol. The lowest BCUT2D eigenvalue weighted by molar-refractivity contribution is -0.122. The van der Waals surface area contributed by atoms with Crippen LogP contribution in [0.5, 0.6) is 0 Å². The Bertz CT molecular complexity index is 1130. The molecule has 3 rings (SSSR count). The molecule has 1 aliphatic heterocycles. The van der Waals surface area contributed by atoms with Gasteiger partial charge in [-0.2, -0.15) is 4.72 Å². The maximum Gasteiger partial charge on any atom is 0.241 e. The van der Waals surface area contributed by atoms with E-state index in [-0.39, 0.29) is 16.7 Å². The van der Waals surface area contributed by atoms with Gasteiger partial charge in [0.15, 0.2) is 11.6 Å². The first-order valence-electron chi connectivity index (χ1n) is 10.4. The molecule has 0 aliphatic carbocycles. The molecule has 1 unspecified atom stereocenters. The number of carbonyl (C=O) groups excluding carboxylic acids is 2. The number of hydrogen-bond acceptors (Lipinski definition) is 5. The predicted octanol–water partition coefficient (Wildman–Crippen LogP) is 2.23. The average molecular weight is 481 g/mol. The van der Waals surface area contributed by atoms with Crippen molar-refractivity contribution in [2.24, 2.45) is 5.92 Å². The van der Waals surface area contributed by atoms with Crippen molar-refractivity contribution in [3.63, 3.8) is 0 Å². The van der Waals surface area contributed by atoms with Crippen molar-refractivity contribution in [1.82, 2.24) is 10.0 Å². The van der Waals surface area contributed by atoms with Crippen LogP contribution in [-0.4, -0.2) is 45.9 Å². The van der Waals surface area contributed by atoms with Gasteiger partial charge in [-0.3, -0.25) is 9.59 Å². The number of sulfonamides is 1. The van der Waals surface area contributed by atoms with E-state index < -0.39 is 33.6 Å². The van der Waals surface area contributed by atoms with E-state index in [4.69, 9.17) is 0 Å². The summed E-state index contributed by atoms with van der Waals surface area (Å²) in [7, 11) is -3.94. The molecule has 0 bridgehead atoms. The van der Waals surface area contributed by atoms with E-state index in [0.717, 1.165) is 18.6 Å². The highest BCUT2D eigenvalue weighted by atomic mass is 32.2. The Morgan fingerprint density at radius 2 is 1.82 bits per heavy atom. The largest absolute Gasteiger partial charge is 0.371 e. The lowest BCUT2D eigenvalue weighted by Crippen LogP contribution is -2.46. The fourth-order valence-corrected chi connectivity index (χ4v) is 4.79. The third-order valence-corrected chi connectivity index (χ3v) is 6.89. The van der Waals surface area contributed by atoms with E-state index in [9.17, 15) is 26.8 Å². The third-order valence-electron chi connectivity index (χ3n) is 5.33. The molecule has 33 heavy (non-hydrogen) atoms. The number of rotatable bonds is 8. The molecule has 0 saturated carbocycles. The van der Waals surface area contributed by atoms with Gasteiger partial charge in [-0.05, 0) is 55.7 Å². The summed E-state index contributed by atoms with van der Waals surface area (Å²) >= 11 is 0. The molecule has 2 aromatic rings. The van der Waals surface area contributed by atoms with Gasteiger partial charge in [0.2, 0.25) is 21.8 Å². The molecule has 0 radical (unpaired) electrons. The van der Waals surface area contributed by atoms with Crippen LogP contribution in [0.2, 0.25) is 0 Å². The van der Waals surface area contributed by atoms with Gasteiger partial charge in [0, 0.05) is 44.0 Å². The Morgan fingerprint density at radius 1 is 1.12 bits per heavy atom. The van der Waals surface area contributed by atoms with Crippen LogP contribution in [0.4, 0.5) is 20.2 Å². The van der Waals surface area contributed by atoms with E-state index in [0.29, 0.717) is 31.0 Å². The van der Waals surface area contributed by atoms with Gasteiger partial charge in [0.25, 0.3) is 0 Å². The van der Waals surface area contributed by atoms with E-state index in [2.05, 4.69) is 15.4 Å². The van der Waals surface area contributed by atoms with E-state index in [1.54, 1.807) is 0 Å². The number of hydrogen-bond donors (Lipinski definition) is 3. The summed E-state index contributed by atoms with van der Waals surface area (Å²) in [6, 6.07) is 8.33. The van der Waals surface area contributed by atoms with Crippen molar-refractivity contribution in [1.29, 1.82) is 0 Å². The molecule has 178 valence electrons. The SMILES string of the molecule is CC(=O)Nc1ccc(S(=O)(=O)N[C@@H](C)C(=O)NCC2CCN(c3ccc(F)c(F)c3)C2)cc1. The summed E-state index contributed by atoms with van der Waals surface area (Å²) in [6.07, 6.45) is 0.750. The Kier molecular flexibility index (Phi) is 7.65. The summed E-state index contributed by atoms with van der Waals surface area (Å²) < 4.78 is 54.0. The molecule has 0 spiro atoms. The summed E-state index contributed by atoms with van der Waals surface area (Å²) in [4.78, 5) is 25.4. The molecule has 11 heteroatoms. The number of carbonyl (C=O) groups is 2. The zero-order valence-corrected chi connectivity index (χ0v) is 19.1. The molecule has 1 saturated heterocycles. The number of benzene rings is 2. The van der Waals surface area contributed by atoms with E-state index >= 15 is 0 Å². The van der Waals surface area contributed by atoms with Gasteiger partial charge in [-0.15, -0.1) is 0 Å². The number of anilines is 2. The highest BCUT2D eigenvalue weighted by molar-refractivity contribution is 7.89. The average Bonchev–Trinajstić information content (AvgIpc) is 3.22. The van der Waals surface area contributed by atoms with Gasteiger partial charge in [0.1, 0.15) is 0 Å². The van der Waals surface area contributed by atoms with Crippen LogP contribution < -0.4 is 20.3 Å². The summed E-state index contributed by atoms with van der Waals surface area (Å²) in [6.45, 7) is 4.32. The van der Waals surface area contributed by atoms with Crippen LogP contribution in [0.25, 0.3) is 0 Å². The molecular formula is C22H26F2N4O4S. The van der Waals surface area contributed by atoms with Crippen LogP contribution in [0.1, 0.15) is 20.3 Å². The first-order chi connectivity index (χ1) is 15.5. The first kappa shape index (κ1) is 24.6. The Balaban J connectivity index is 1.50. The fraction of sp³-hybridized carbons (Fsp3) is 0.364. The second-order valence-electron chi connectivity index (χ2n) is 7.99. The number of halogens is 2. The van der Waals surface area contributed by atoms with E-state index in [1.807, 2.05) is 4.90 Å². The number of nitrogens with one attached hydrogen (secondary N) is 3. The Hall–Kier alpha value is -3.05. The highest BCUT2D eigenvalue weighted by Gasteiger charge is 2.26. The number of nitrogens with zero attached hydrogens (tertiary/aromatic N) is 1. The number of amides is 2. The van der Waals surface area contributed by atoms with Gasteiger partial charge < -0.3 is 15.5 Å². The van der Waals surface area contributed by atoms with Crippen molar-refractivity contribution < 1.29 is 26.8 Å². The van der Waals surface area contributed by atoms with Gasteiger partial charge in [-0.1, -0.05) is 0 Å². The Morgan fingerprint density at radius 3 is 2.45 bits per heavy atom. The normalized spacial score (nSPS) is 17.0. The molecule has 1 fully saturated rings. The minimum Gasteiger partial charge on any atom is -0.371 e. The van der Waals surface area contributed by atoms with Crippen LogP contribution in [-0.2, 0) is 19.6 Å². The Labute approximate surface area is 191 Å². The van der Waals surface area contributed by atoms with Crippen LogP contribution >= 0.6 is 0 Å².